The monoisotopic (exact) mass is 356 g/mol. The zero-order valence-electron chi connectivity index (χ0n) is 15.9. The van der Waals surface area contributed by atoms with Gasteiger partial charge >= 0.3 is 11.9 Å². The molecule has 1 aliphatic heterocycles. The average molecular weight is 357 g/mol. The molecule has 25 heavy (non-hydrogen) atoms. The first-order valence-electron chi connectivity index (χ1n) is 10.0. The summed E-state index contributed by atoms with van der Waals surface area (Å²) < 4.78 is 10.1. The molecule has 0 aromatic heterocycles. The van der Waals surface area contributed by atoms with Crippen molar-refractivity contribution in [3.8, 4) is 0 Å². The van der Waals surface area contributed by atoms with Gasteiger partial charge in [0.25, 0.3) is 0 Å². The number of aliphatic hydroxyl groups is 1. The van der Waals surface area contributed by atoms with Crippen LogP contribution < -0.4 is 0 Å². The fourth-order valence-corrected chi connectivity index (χ4v) is 3.12. The van der Waals surface area contributed by atoms with E-state index in [0.717, 1.165) is 12.8 Å². The fraction of sp³-hybridized carbons (Fsp3) is 0.900. The number of carbonyl (C=O) groups is 2. The number of esters is 2. The van der Waals surface area contributed by atoms with E-state index in [1.54, 1.807) is 0 Å². The van der Waals surface area contributed by atoms with E-state index < -0.39 is 5.41 Å². The fourth-order valence-electron chi connectivity index (χ4n) is 3.12. The third kappa shape index (κ3) is 9.83. The van der Waals surface area contributed by atoms with Gasteiger partial charge in [-0.1, -0.05) is 71.1 Å². The lowest BCUT2D eigenvalue weighted by Gasteiger charge is -2.22. The molecule has 146 valence electrons. The second kappa shape index (κ2) is 13.2. The SMILES string of the molecule is CCCCCCCCCCCCCC(=O)OCC1(CO)COC(=O)C1. The maximum atomic E-state index is 11.8. The predicted octanol–water partition coefficient (Wildman–Crippen LogP) is 4.16. The number of unbranched alkanes of at least 4 members (excludes halogenated alkanes) is 10. The molecule has 0 aliphatic carbocycles. The van der Waals surface area contributed by atoms with Crippen molar-refractivity contribution in [1.82, 2.24) is 0 Å². The van der Waals surface area contributed by atoms with E-state index >= 15 is 0 Å². The third-order valence-corrected chi connectivity index (χ3v) is 4.92. The Hall–Kier alpha value is -1.10. The van der Waals surface area contributed by atoms with E-state index in [0.29, 0.717) is 6.42 Å². The van der Waals surface area contributed by atoms with Gasteiger partial charge in [0.05, 0.1) is 18.4 Å². The minimum atomic E-state index is -0.732. The molecule has 5 heteroatoms. The number of hydrogen-bond acceptors (Lipinski definition) is 5. The maximum Gasteiger partial charge on any atom is 0.306 e. The van der Waals surface area contributed by atoms with Crippen LogP contribution in [0.5, 0.6) is 0 Å². The lowest BCUT2D eigenvalue weighted by Crippen LogP contribution is -2.32. The molecule has 0 aromatic rings. The first-order valence-corrected chi connectivity index (χ1v) is 10.0. The van der Waals surface area contributed by atoms with E-state index in [4.69, 9.17) is 9.47 Å². The number of ether oxygens (including phenoxy) is 2. The molecular formula is C20H36O5. The highest BCUT2D eigenvalue weighted by atomic mass is 16.6. The second-order valence-electron chi connectivity index (χ2n) is 7.44. The quantitative estimate of drug-likeness (QED) is 0.352. The van der Waals surface area contributed by atoms with Crippen molar-refractivity contribution in [3.05, 3.63) is 0 Å². The van der Waals surface area contributed by atoms with Crippen molar-refractivity contribution in [2.45, 2.75) is 90.4 Å². The molecule has 0 amide bonds. The summed E-state index contributed by atoms with van der Waals surface area (Å²) in [5, 5.41) is 9.40. The summed E-state index contributed by atoms with van der Waals surface area (Å²) >= 11 is 0. The van der Waals surface area contributed by atoms with Crippen molar-refractivity contribution in [2.75, 3.05) is 19.8 Å². The summed E-state index contributed by atoms with van der Waals surface area (Å²) in [7, 11) is 0. The van der Waals surface area contributed by atoms with Gasteiger partial charge in [-0.2, -0.15) is 0 Å². The second-order valence-corrected chi connectivity index (χ2v) is 7.44. The molecule has 0 bridgehead atoms. The number of carbonyl (C=O) groups excluding carboxylic acids is 2. The van der Waals surface area contributed by atoms with Crippen molar-refractivity contribution in [3.63, 3.8) is 0 Å². The Morgan fingerprint density at radius 2 is 1.60 bits per heavy atom. The average Bonchev–Trinajstić information content (AvgIpc) is 2.99. The zero-order valence-corrected chi connectivity index (χ0v) is 15.9. The maximum absolute atomic E-state index is 11.8. The van der Waals surface area contributed by atoms with Gasteiger partial charge < -0.3 is 14.6 Å². The number of rotatable bonds is 15. The zero-order chi connectivity index (χ0) is 18.4. The molecule has 0 radical (unpaired) electrons. The summed E-state index contributed by atoms with van der Waals surface area (Å²) in [5.41, 5.74) is -0.732. The van der Waals surface area contributed by atoms with Crippen molar-refractivity contribution >= 4 is 11.9 Å². The van der Waals surface area contributed by atoms with Crippen LogP contribution in [0.15, 0.2) is 0 Å². The Balaban J connectivity index is 1.93. The van der Waals surface area contributed by atoms with Crippen LogP contribution >= 0.6 is 0 Å². The normalized spacial score (nSPS) is 19.8. The molecule has 0 aromatic carbocycles. The van der Waals surface area contributed by atoms with E-state index in [1.165, 1.54) is 57.8 Å². The van der Waals surface area contributed by atoms with Crippen LogP contribution in [0.1, 0.15) is 90.4 Å². The Morgan fingerprint density at radius 3 is 2.08 bits per heavy atom. The molecular weight excluding hydrogens is 320 g/mol. The van der Waals surface area contributed by atoms with Crippen LogP contribution in [-0.4, -0.2) is 36.9 Å². The first kappa shape index (κ1) is 21.9. The van der Waals surface area contributed by atoms with E-state index in [9.17, 15) is 14.7 Å². The molecule has 1 aliphatic rings. The molecule has 5 nitrogen and oxygen atoms in total. The van der Waals surface area contributed by atoms with Crippen LogP contribution in [0.25, 0.3) is 0 Å². The summed E-state index contributed by atoms with van der Waals surface area (Å²) in [6, 6.07) is 0. The predicted molar refractivity (Wildman–Crippen MR) is 97.1 cm³/mol. The lowest BCUT2D eigenvalue weighted by atomic mass is 9.89. The van der Waals surface area contributed by atoms with Gasteiger partial charge in [0.2, 0.25) is 0 Å². The number of aliphatic hydroxyl groups excluding tert-OH is 1. The summed E-state index contributed by atoms with van der Waals surface area (Å²) in [5.74, 6) is -0.585. The van der Waals surface area contributed by atoms with Crippen LogP contribution in [0.2, 0.25) is 0 Å². The third-order valence-electron chi connectivity index (χ3n) is 4.92. The van der Waals surface area contributed by atoms with Gasteiger partial charge in [-0.25, -0.2) is 0 Å². The number of cyclic esters (lactones) is 1. The molecule has 1 fully saturated rings. The van der Waals surface area contributed by atoms with Crippen LogP contribution in [0.4, 0.5) is 0 Å². The van der Waals surface area contributed by atoms with Crippen molar-refractivity contribution in [1.29, 1.82) is 0 Å². The van der Waals surface area contributed by atoms with Crippen molar-refractivity contribution in [2.24, 2.45) is 5.41 Å². The Morgan fingerprint density at radius 1 is 1.04 bits per heavy atom. The molecule has 1 saturated heterocycles. The molecule has 1 heterocycles. The molecule has 1 N–H and O–H groups in total. The Labute approximate surface area is 152 Å². The Kier molecular flexibility index (Phi) is 11.5. The van der Waals surface area contributed by atoms with Crippen LogP contribution in [0, 0.1) is 5.41 Å². The van der Waals surface area contributed by atoms with Crippen LogP contribution in [-0.2, 0) is 19.1 Å². The minimum Gasteiger partial charge on any atom is -0.465 e. The highest BCUT2D eigenvalue weighted by molar-refractivity contribution is 5.73. The standard InChI is InChI=1S/C20H36O5/c1-2-3-4-5-6-7-8-9-10-11-12-13-18(22)24-16-20(15-21)14-19(23)25-17-20/h21H,2-17H2,1H3. The van der Waals surface area contributed by atoms with E-state index in [1.807, 2.05) is 0 Å². The largest absolute Gasteiger partial charge is 0.465 e. The van der Waals surface area contributed by atoms with E-state index in [-0.39, 0.29) is 38.2 Å². The van der Waals surface area contributed by atoms with Gasteiger partial charge in [-0.3, -0.25) is 9.59 Å². The van der Waals surface area contributed by atoms with Gasteiger partial charge in [0, 0.05) is 6.42 Å². The van der Waals surface area contributed by atoms with Crippen molar-refractivity contribution < 1.29 is 24.2 Å². The van der Waals surface area contributed by atoms with Gasteiger partial charge in [-0.05, 0) is 6.42 Å². The molecule has 1 atom stereocenters. The smallest absolute Gasteiger partial charge is 0.306 e. The highest BCUT2D eigenvalue weighted by Crippen LogP contribution is 2.29. The van der Waals surface area contributed by atoms with Crippen LogP contribution in [0.3, 0.4) is 0 Å². The number of hydrogen-bond donors (Lipinski definition) is 1. The Bertz CT molecular complexity index is 382. The topological polar surface area (TPSA) is 72.8 Å². The summed E-state index contributed by atoms with van der Waals surface area (Å²) in [6.45, 7) is 2.23. The molecule has 0 spiro atoms. The first-order chi connectivity index (χ1) is 12.1. The van der Waals surface area contributed by atoms with E-state index in [2.05, 4.69) is 6.92 Å². The minimum absolute atomic E-state index is 0.0616. The van der Waals surface area contributed by atoms with Gasteiger partial charge in [-0.15, -0.1) is 0 Å². The lowest BCUT2D eigenvalue weighted by molar-refractivity contribution is -0.148. The molecule has 1 rings (SSSR count). The summed E-state index contributed by atoms with van der Waals surface area (Å²) in [6.07, 6.45) is 14.2. The highest BCUT2D eigenvalue weighted by Gasteiger charge is 2.41. The molecule has 0 saturated carbocycles. The van der Waals surface area contributed by atoms with Gasteiger partial charge in [0.15, 0.2) is 0 Å². The van der Waals surface area contributed by atoms with Gasteiger partial charge in [0.1, 0.15) is 13.2 Å². The summed E-state index contributed by atoms with van der Waals surface area (Å²) in [4.78, 5) is 22.9. The molecule has 1 unspecified atom stereocenters.